The van der Waals surface area contributed by atoms with Crippen LogP contribution < -0.4 is 0 Å². The molecule has 0 amide bonds. The number of aliphatic imine (C=N–C) groups is 1. The van der Waals surface area contributed by atoms with E-state index in [-0.39, 0.29) is 6.61 Å². The Morgan fingerprint density at radius 1 is 0.862 bits per heavy atom. The number of alkyl halides is 10. The zero-order valence-corrected chi connectivity index (χ0v) is 16.0. The Kier molecular flexibility index (Phi) is 6.25. The van der Waals surface area contributed by atoms with Crippen molar-refractivity contribution in [3.05, 3.63) is 30.8 Å². The van der Waals surface area contributed by atoms with Crippen molar-refractivity contribution in [3.8, 4) is 0 Å². The van der Waals surface area contributed by atoms with Gasteiger partial charge >= 0.3 is 23.7 Å². The van der Waals surface area contributed by atoms with E-state index in [2.05, 4.69) is 4.99 Å². The molecule has 1 heterocycles. The molecule has 0 aromatic carbocycles. The molecule has 1 fully saturated rings. The topological polar surface area (TPSA) is 21.6 Å². The van der Waals surface area contributed by atoms with E-state index in [4.69, 9.17) is 4.74 Å². The van der Waals surface area contributed by atoms with Crippen LogP contribution in [0.2, 0.25) is 0 Å². The first kappa shape index (κ1) is 24.5. The van der Waals surface area contributed by atoms with Crippen LogP contribution in [-0.4, -0.2) is 42.2 Å². The molecule has 0 spiro atoms. The van der Waals surface area contributed by atoms with Crippen molar-refractivity contribution in [2.24, 2.45) is 10.4 Å². The van der Waals surface area contributed by atoms with Gasteiger partial charge < -0.3 is 4.74 Å². The van der Waals surface area contributed by atoms with Gasteiger partial charge in [-0.1, -0.05) is 20.8 Å². The quantitative estimate of drug-likeness (QED) is 0.355. The average Bonchev–Trinajstić information content (AvgIpc) is 3.11. The van der Waals surface area contributed by atoms with Gasteiger partial charge in [-0.25, -0.2) is 4.99 Å². The molecule has 1 aliphatic carbocycles. The Hall–Kier alpha value is -0.800. The van der Waals surface area contributed by atoms with Gasteiger partial charge in [-0.3, -0.25) is 0 Å². The summed E-state index contributed by atoms with van der Waals surface area (Å²) < 4.78 is 138. The number of rotatable bonds is 4. The van der Waals surface area contributed by atoms with Crippen LogP contribution in [-0.2, 0) is 4.74 Å². The van der Waals surface area contributed by atoms with E-state index in [1.807, 2.05) is 0 Å². The Morgan fingerprint density at radius 2 is 1.34 bits per heavy atom. The smallest absolute Gasteiger partial charge is 0.457 e. The van der Waals surface area contributed by atoms with Crippen molar-refractivity contribution in [1.29, 1.82) is 0 Å². The molecule has 2 aliphatic rings. The van der Waals surface area contributed by atoms with E-state index in [1.165, 1.54) is 0 Å². The molecule has 2 nitrogen and oxygen atoms in total. The molecule has 13 heteroatoms. The SMILES string of the molecule is CC(C)(C)[C@H]1COC([C]2[CH][CH][CH][C]2P(C(F)(F)C(F)(F)F)C(F)(F)C(F)(F)F)=N1. The molecule has 2 rings (SSSR count). The van der Waals surface area contributed by atoms with E-state index < -0.39 is 60.5 Å². The lowest BCUT2D eigenvalue weighted by atomic mass is 9.88. The first-order valence-electron chi connectivity index (χ1n) is 7.98. The van der Waals surface area contributed by atoms with Gasteiger partial charge in [0.05, 0.1) is 19.9 Å². The summed E-state index contributed by atoms with van der Waals surface area (Å²) in [6.45, 7) is 5.00. The minimum atomic E-state index is -6.63. The standard InChI is InChI=1S/C16H15F10NOP/c1-12(2,3)10-7-28-11(27-10)8-5-4-6-9(8)29(15(23,24)13(17,18)19)16(25,26)14(20,21)22/h4-6,10H,7H2,1-3H3/t10-/m1/s1. The fourth-order valence-corrected chi connectivity index (χ4v) is 4.59. The second-order valence-corrected chi connectivity index (χ2v) is 9.64. The number of hydrogen-bond donors (Lipinski definition) is 0. The van der Waals surface area contributed by atoms with Crippen molar-refractivity contribution in [3.63, 3.8) is 0 Å². The third kappa shape index (κ3) is 4.46. The number of halogens is 10. The summed E-state index contributed by atoms with van der Waals surface area (Å²) in [5, 5.41) is 0. The van der Waals surface area contributed by atoms with E-state index in [0.29, 0.717) is 6.42 Å². The fraction of sp³-hybridized carbons (Fsp3) is 0.625. The van der Waals surface area contributed by atoms with Crippen LogP contribution in [0, 0.1) is 36.3 Å². The van der Waals surface area contributed by atoms with Gasteiger partial charge in [-0.2, -0.15) is 43.9 Å². The molecule has 0 aromatic rings. The normalized spacial score (nSPS) is 23.7. The Bertz CT molecular complexity index is 611. The number of ether oxygens (including phenoxy) is 1. The molecule has 29 heavy (non-hydrogen) atoms. The lowest BCUT2D eigenvalue weighted by molar-refractivity contribution is -0.261. The summed E-state index contributed by atoms with van der Waals surface area (Å²) in [5.74, 6) is -1.29. The molecule has 1 atom stereocenters. The molecule has 0 unspecified atom stereocenters. The summed E-state index contributed by atoms with van der Waals surface area (Å²) in [4.78, 5) is 3.99. The highest BCUT2D eigenvalue weighted by molar-refractivity contribution is 7.64. The van der Waals surface area contributed by atoms with Gasteiger partial charge in [0.25, 0.3) is 0 Å². The van der Waals surface area contributed by atoms with E-state index in [0.717, 1.165) is 12.8 Å². The number of hydrogen-bond acceptors (Lipinski definition) is 2. The summed E-state index contributed by atoms with van der Waals surface area (Å²) in [6, 6.07) is -0.599. The summed E-state index contributed by atoms with van der Waals surface area (Å²) in [6.07, 6.45) is -11.2. The first-order valence-corrected chi connectivity index (χ1v) is 9.32. The summed E-state index contributed by atoms with van der Waals surface area (Å²) in [5.41, 5.74) is -14.7. The van der Waals surface area contributed by atoms with Crippen LogP contribution in [0.25, 0.3) is 0 Å². The van der Waals surface area contributed by atoms with Crippen LogP contribution >= 0.6 is 7.92 Å². The highest BCUT2D eigenvalue weighted by Crippen LogP contribution is 2.79. The maximum Gasteiger partial charge on any atom is 0.457 e. The van der Waals surface area contributed by atoms with Gasteiger partial charge in [-0.05, 0) is 24.7 Å². The zero-order valence-electron chi connectivity index (χ0n) is 15.1. The minimum Gasteiger partial charge on any atom is -0.478 e. The van der Waals surface area contributed by atoms with Crippen LogP contribution in [0.15, 0.2) is 4.99 Å². The van der Waals surface area contributed by atoms with Crippen LogP contribution in [0.1, 0.15) is 20.8 Å². The highest BCUT2D eigenvalue weighted by Gasteiger charge is 2.78. The van der Waals surface area contributed by atoms with Crippen molar-refractivity contribution in [2.45, 2.75) is 50.5 Å². The van der Waals surface area contributed by atoms with Gasteiger partial charge in [0.15, 0.2) is 5.90 Å². The van der Waals surface area contributed by atoms with Gasteiger partial charge in [0.2, 0.25) is 0 Å². The van der Waals surface area contributed by atoms with Crippen molar-refractivity contribution >= 4 is 13.8 Å². The maximum atomic E-state index is 14.0. The second kappa shape index (κ2) is 7.41. The molecule has 0 bridgehead atoms. The Balaban J connectivity index is 2.51. The van der Waals surface area contributed by atoms with Gasteiger partial charge in [0, 0.05) is 5.66 Å². The van der Waals surface area contributed by atoms with Crippen LogP contribution in [0.5, 0.6) is 0 Å². The van der Waals surface area contributed by atoms with Gasteiger partial charge in [0.1, 0.15) is 6.61 Å². The predicted molar refractivity (Wildman–Crippen MR) is 84.9 cm³/mol. The fourth-order valence-electron chi connectivity index (χ4n) is 2.48. The largest absolute Gasteiger partial charge is 0.478 e. The monoisotopic (exact) mass is 458 g/mol. The van der Waals surface area contributed by atoms with Crippen molar-refractivity contribution in [2.75, 3.05) is 6.61 Å². The molecule has 0 aromatic heterocycles. The van der Waals surface area contributed by atoms with Crippen LogP contribution in [0.3, 0.4) is 0 Å². The Morgan fingerprint density at radius 3 is 1.72 bits per heavy atom. The molecule has 0 saturated heterocycles. The van der Waals surface area contributed by atoms with Crippen molar-refractivity contribution < 1.29 is 48.6 Å². The minimum absolute atomic E-state index is 0.132. The third-order valence-corrected chi connectivity index (χ3v) is 6.66. The van der Waals surface area contributed by atoms with E-state index >= 15 is 0 Å². The summed E-state index contributed by atoms with van der Waals surface area (Å²) >= 11 is 0. The molecular formula is C16H15F10NOP. The molecule has 1 aliphatic heterocycles. The van der Waals surface area contributed by atoms with Gasteiger partial charge in [-0.15, -0.1) is 0 Å². The van der Waals surface area contributed by atoms with E-state index in [9.17, 15) is 43.9 Å². The maximum absolute atomic E-state index is 14.0. The summed E-state index contributed by atoms with van der Waals surface area (Å²) in [7, 11) is -5.44. The zero-order chi connectivity index (χ0) is 22.6. The molecule has 5 radical (unpaired) electrons. The molecular weight excluding hydrogens is 443 g/mol. The lowest BCUT2D eigenvalue weighted by Crippen LogP contribution is -2.47. The average molecular weight is 458 g/mol. The van der Waals surface area contributed by atoms with Crippen molar-refractivity contribution in [1.82, 2.24) is 0 Å². The Labute approximate surface area is 161 Å². The third-order valence-electron chi connectivity index (χ3n) is 4.16. The second-order valence-electron chi connectivity index (χ2n) is 7.37. The van der Waals surface area contributed by atoms with E-state index in [1.54, 1.807) is 20.8 Å². The molecule has 165 valence electrons. The molecule has 1 saturated carbocycles. The number of nitrogens with zero attached hydrogens (tertiary/aromatic N) is 1. The lowest BCUT2D eigenvalue weighted by Gasteiger charge is -2.39. The predicted octanol–water partition coefficient (Wildman–Crippen LogP) is 6.35. The van der Waals surface area contributed by atoms with Crippen LogP contribution in [0.4, 0.5) is 43.9 Å². The highest BCUT2D eigenvalue weighted by atomic mass is 31.1. The molecule has 0 N–H and O–H groups in total. The first-order chi connectivity index (χ1) is 12.8.